The number of ether oxygens (including phenoxy) is 2. The first-order chi connectivity index (χ1) is 13.0. The Hall–Kier alpha value is -2.77. The summed E-state index contributed by atoms with van der Waals surface area (Å²) in [4.78, 5) is 37.6. The Bertz CT molecular complexity index is 732. The molecule has 2 fully saturated rings. The predicted molar refractivity (Wildman–Crippen MR) is 97.7 cm³/mol. The lowest BCUT2D eigenvalue weighted by molar-refractivity contribution is -0.127. The third-order valence-electron chi connectivity index (χ3n) is 4.78. The Morgan fingerprint density at radius 3 is 2.63 bits per heavy atom. The first-order valence-corrected chi connectivity index (χ1v) is 9.14. The minimum atomic E-state index is -0.632. The topological polar surface area (TPSA) is 97.0 Å². The zero-order valence-corrected chi connectivity index (χ0v) is 15.6. The van der Waals surface area contributed by atoms with E-state index in [1.54, 1.807) is 20.3 Å². The van der Waals surface area contributed by atoms with Crippen molar-refractivity contribution in [2.45, 2.75) is 44.2 Å². The molecule has 0 spiro atoms. The SMILES string of the molecule is COc1ccc(CCN2C(=O)N[C@@H](CCC(=O)NC3CC3)C2=O)cc1OC. The summed E-state index contributed by atoms with van der Waals surface area (Å²) >= 11 is 0. The Labute approximate surface area is 158 Å². The quantitative estimate of drug-likeness (QED) is 0.633. The van der Waals surface area contributed by atoms with Gasteiger partial charge in [-0.15, -0.1) is 0 Å². The van der Waals surface area contributed by atoms with Crippen LogP contribution in [-0.4, -0.2) is 55.6 Å². The number of hydrogen-bond acceptors (Lipinski definition) is 5. The van der Waals surface area contributed by atoms with Crippen molar-refractivity contribution in [2.24, 2.45) is 0 Å². The summed E-state index contributed by atoms with van der Waals surface area (Å²) in [5, 5.41) is 5.55. The standard InChI is InChI=1S/C19H25N3O5/c1-26-15-7-3-12(11-16(15)27-2)9-10-22-18(24)14(21-19(22)25)6-8-17(23)20-13-4-5-13/h3,7,11,13-14H,4-6,8-10H2,1-2H3,(H,20,23)(H,21,25)/t14-/m0/s1. The average molecular weight is 375 g/mol. The van der Waals surface area contributed by atoms with Crippen LogP contribution in [0.25, 0.3) is 0 Å². The second-order valence-corrected chi connectivity index (χ2v) is 6.81. The van der Waals surface area contributed by atoms with Gasteiger partial charge in [0.05, 0.1) is 14.2 Å². The van der Waals surface area contributed by atoms with E-state index in [0.717, 1.165) is 18.4 Å². The van der Waals surface area contributed by atoms with Gasteiger partial charge in [-0.2, -0.15) is 0 Å². The van der Waals surface area contributed by atoms with Crippen molar-refractivity contribution in [1.82, 2.24) is 15.5 Å². The Balaban J connectivity index is 1.51. The molecule has 4 amide bonds. The van der Waals surface area contributed by atoms with Crippen LogP contribution in [-0.2, 0) is 16.0 Å². The highest BCUT2D eigenvalue weighted by atomic mass is 16.5. The van der Waals surface area contributed by atoms with Crippen molar-refractivity contribution in [3.05, 3.63) is 23.8 Å². The summed E-state index contributed by atoms with van der Waals surface area (Å²) in [6.45, 7) is 0.269. The molecule has 1 aliphatic heterocycles. The number of benzene rings is 1. The Morgan fingerprint density at radius 1 is 1.22 bits per heavy atom. The maximum absolute atomic E-state index is 12.5. The highest BCUT2D eigenvalue weighted by Crippen LogP contribution is 2.28. The van der Waals surface area contributed by atoms with Crippen LogP contribution in [0, 0.1) is 0 Å². The number of amides is 4. The summed E-state index contributed by atoms with van der Waals surface area (Å²) in [6, 6.07) is 4.75. The molecule has 2 aliphatic rings. The molecule has 1 saturated heterocycles. The van der Waals surface area contributed by atoms with Crippen molar-refractivity contribution >= 4 is 17.8 Å². The molecule has 1 aromatic carbocycles. The molecule has 0 aromatic heterocycles. The third-order valence-corrected chi connectivity index (χ3v) is 4.78. The fourth-order valence-electron chi connectivity index (χ4n) is 3.06. The van der Waals surface area contributed by atoms with E-state index in [4.69, 9.17) is 9.47 Å². The number of imide groups is 1. The van der Waals surface area contributed by atoms with Gasteiger partial charge in [-0.3, -0.25) is 14.5 Å². The minimum Gasteiger partial charge on any atom is -0.493 e. The van der Waals surface area contributed by atoms with Crippen LogP contribution < -0.4 is 20.1 Å². The second-order valence-electron chi connectivity index (χ2n) is 6.81. The molecule has 1 heterocycles. The molecule has 1 aliphatic carbocycles. The number of urea groups is 1. The summed E-state index contributed by atoms with van der Waals surface area (Å²) < 4.78 is 10.5. The van der Waals surface area contributed by atoms with Crippen LogP contribution in [0.1, 0.15) is 31.2 Å². The van der Waals surface area contributed by atoms with Gasteiger partial charge in [-0.25, -0.2) is 4.79 Å². The predicted octanol–water partition coefficient (Wildman–Crippen LogP) is 1.23. The molecular weight excluding hydrogens is 350 g/mol. The summed E-state index contributed by atoms with van der Waals surface area (Å²) in [5.74, 6) is 0.885. The number of nitrogens with zero attached hydrogens (tertiary/aromatic N) is 1. The number of carbonyl (C=O) groups excluding carboxylic acids is 3. The van der Waals surface area contributed by atoms with Crippen LogP contribution in [0.3, 0.4) is 0 Å². The molecule has 0 unspecified atom stereocenters. The van der Waals surface area contributed by atoms with Crippen molar-refractivity contribution in [3.8, 4) is 11.5 Å². The van der Waals surface area contributed by atoms with E-state index >= 15 is 0 Å². The van der Waals surface area contributed by atoms with E-state index in [1.807, 2.05) is 12.1 Å². The van der Waals surface area contributed by atoms with Crippen LogP contribution in [0.5, 0.6) is 11.5 Å². The molecule has 8 nitrogen and oxygen atoms in total. The number of carbonyl (C=O) groups is 3. The molecular formula is C19H25N3O5. The number of hydrogen-bond donors (Lipinski definition) is 2. The van der Waals surface area contributed by atoms with E-state index in [2.05, 4.69) is 10.6 Å². The normalized spacial score (nSPS) is 19.0. The summed E-state index contributed by atoms with van der Waals surface area (Å²) in [7, 11) is 3.12. The van der Waals surface area contributed by atoms with E-state index in [1.165, 1.54) is 4.90 Å². The summed E-state index contributed by atoms with van der Waals surface area (Å²) in [6.07, 6.45) is 3.10. The van der Waals surface area contributed by atoms with Crippen LogP contribution in [0.15, 0.2) is 18.2 Å². The smallest absolute Gasteiger partial charge is 0.324 e. The number of rotatable bonds is 9. The highest BCUT2D eigenvalue weighted by molar-refractivity contribution is 6.04. The van der Waals surface area contributed by atoms with Crippen molar-refractivity contribution in [1.29, 1.82) is 0 Å². The van der Waals surface area contributed by atoms with Gasteiger partial charge < -0.3 is 20.1 Å². The maximum Gasteiger partial charge on any atom is 0.324 e. The van der Waals surface area contributed by atoms with Crippen molar-refractivity contribution in [3.63, 3.8) is 0 Å². The molecule has 146 valence electrons. The van der Waals surface area contributed by atoms with Gasteiger partial charge in [-0.1, -0.05) is 6.07 Å². The Morgan fingerprint density at radius 2 is 1.96 bits per heavy atom. The van der Waals surface area contributed by atoms with E-state index in [-0.39, 0.29) is 24.8 Å². The maximum atomic E-state index is 12.5. The van der Waals surface area contributed by atoms with Crippen molar-refractivity contribution in [2.75, 3.05) is 20.8 Å². The molecule has 0 radical (unpaired) electrons. The van der Waals surface area contributed by atoms with E-state index < -0.39 is 12.1 Å². The van der Waals surface area contributed by atoms with Gasteiger partial charge in [0.15, 0.2) is 11.5 Å². The van der Waals surface area contributed by atoms with Crippen molar-refractivity contribution < 1.29 is 23.9 Å². The van der Waals surface area contributed by atoms with Gasteiger partial charge >= 0.3 is 6.03 Å². The van der Waals surface area contributed by atoms with Gasteiger partial charge in [-0.05, 0) is 43.4 Å². The zero-order chi connectivity index (χ0) is 19.4. The zero-order valence-electron chi connectivity index (χ0n) is 15.6. The number of nitrogens with one attached hydrogen (secondary N) is 2. The molecule has 8 heteroatoms. The first kappa shape index (κ1) is 19.0. The fourth-order valence-corrected chi connectivity index (χ4v) is 3.06. The lowest BCUT2D eigenvalue weighted by atomic mass is 10.1. The van der Waals surface area contributed by atoms with Gasteiger partial charge in [0.1, 0.15) is 6.04 Å². The molecule has 0 bridgehead atoms. The largest absolute Gasteiger partial charge is 0.493 e. The second kappa shape index (κ2) is 8.28. The minimum absolute atomic E-state index is 0.0664. The average Bonchev–Trinajstić information content (AvgIpc) is 3.43. The molecule has 1 aromatic rings. The van der Waals surface area contributed by atoms with Gasteiger partial charge in [0.25, 0.3) is 5.91 Å². The van der Waals surface area contributed by atoms with E-state index in [9.17, 15) is 14.4 Å². The Kier molecular flexibility index (Phi) is 5.83. The molecule has 2 N–H and O–H groups in total. The lowest BCUT2D eigenvalue weighted by Gasteiger charge is -2.14. The molecule has 1 atom stereocenters. The first-order valence-electron chi connectivity index (χ1n) is 9.14. The van der Waals surface area contributed by atoms with Gasteiger partial charge in [0.2, 0.25) is 5.91 Å². The highest BCUT2D eigenvalue weighted by Gasteiger charge is 2.37. The van der Waals surface area contributed by atoms with Crippen LogP contribution in [0.4, 0.5) is 4.79 Å². The summed E-state index contributed by atoms with van der Waals surface area (Å²) in [5.41, 5.74) is 0.931. The number of methoxy groups -OCH3 is 2. The molecule has 3 rings (SSSR count). The monoisotopic (exact) mass is 375 g/mol. The lowest BCUT2D eigenvalue weighted by Crippen LogP contribution is -2.34. The van der Waals surface area contributed by atoms with Crippen LogP contribution in [0.2, 0.25) is 0 Å². The van der Waals surface area contributed by atoms with E-state index in [0.29, 0.717) is 30.4 Å². The van der Waals surface area contributed by atoms with Crippen LogP contribution >= 0.6 is 0 Å². The third kappa shape index (κ3) is 4.69. The van der Waals surface area contributed by atoms with Gasteiger partial charge in [0, 0.05) is 19.0 Å². The molecule has 1 saturated carbocycles. The fraction of sp³-hybridized carbons (Fsp3) is 0.526. The molecule has 27 heavy (non-hydrogen) atoms.